The molecule has 0 saturated carbocycles. The minimum Gasteiger partial charge on any atom is -0.353 e. The van der Waals surface area contributed by atoms with Crippen LogP contribution in [0, 0.1) is 19.8 Å². The number of nitrogens with one attached hydrogen (secondary N) is 1. The van der Waals surface area contributed by atoms with Crippen LogP contribution in [-0.2, 0) is 4.79 Å². The number of nitrogens with zero attached hydrogens (tertiary/aromatic N) is 4. The third-order valence-corrected chi connectivity index (χ3v) is 5.54. The quantitative estimate of drug-likeness (QED) is 0.741. The van der Waals surface area contributed by atoms with Gasteiger partial charge in [-0.15, -0.1) is 0 Å². The first-order valence-electron chi connectivity index (χ1n) is 10.7. The maximum atomic E-state index is 13.3. The number of hydrogen-bond acceptors (Lipinski definition) is 5. The van der Waals surface area contributed by atoms with Gasteiger partial charge in [0.05, 0.1) is 0 Å². The average molecular weight is 444 g/mol. The van der Waals surface area contributed by atoms with Gasteiger partial charge in [-0.05, 0) is 50.5 Å². The molecule has 2 amide bonds. The molecule has 1 aliphatic rings. The Balaban J connectivity index is 1.65. The number of aryl methyl sites for hydroxylation is 2. The van der Waals surface area contributed by atoms with Gasteiger partial charge in [-0.25, -0.2) is 9.97 Å². The highest BCUT2D eigenvalue weighted by Crippen LogP contribution is 2.17. The second kappa shape index (κ2) is 10.1. The van der Waals surface area contributed by atoms with Crippen LogP contribution in [0.4, 0.5) is 5.82 Å². The van der Waals surface area contributed by atoms with Crippen LogP contribution in [0.3, 0.4) is 0 Å². The molecule has 3 rings (SSSR count). The van der Waals surface area contributed by atoms with Crippen molar-refractivity contribution < 1.29 is 9.59 Å². The molecule has 1 unspecified atom stereocenters. The molecule has 31 heavy (non-hydrogen) atoms. The fraction of sp³-hybridized carbons (Fsp3) is 0.478. The van der Waals surface area contributed by atoms with E-state index in [-0.39, 0.29) is 17.7 Å². The SMILES string of the molecule is Cc1cc(N2CCN(C(=O)C(CC(C)C)NC(=O)c3ccc(Cl)cc3)CC2)nc(C)n1. The number of carbonyl (C=O) groups is 2. The number of halogens is 1. The molecule has 1 saturated heterocycles. The molecule has 7 nitrogen and oxygen atoms in total. The molecule has 1 aliphatic heterocycles. The van der Waals surface area contributed by atoms with Crippen LogP contribution in [0.15, 0.2) is 30.3 Å². The summed E-state index contributed by atoms with van der Waals surface area (Å²) < 4.78 is 0. The Morgan fingerprint density at radius 3 is 2.29 bits per heavy atom. The fourth-order valence-corrected chi connectivity index (χ4v) is 3.90. The lowest BCUT2D eigenvalue weighted by Crippen LogP contribution is -2.55. The Labute approximate surface area is 188 Å². The molecule has 2 aromatic rings. The van der Waals surface area contributed by atoms with Crippen molar-refractivity contribution in [3.63, 3.8) is 0 Å². The largest absolute Gasteiger partial charge is 0.353 e. The number of rotatable bonds is 6. The van der Waals surface area contributed by atoms with Crippen molar-refractivity contribution in [3.05, 3.63) is 52.4 Å². The molecule has 1 atom stereocenters. The van der Waals surface area contributed by atoms with Crippen molar-refractivity contribution in [2.75, 3.05) is 31.1 Å². The van der Waals surface area contributed by atoms with Crippen LogP contribution >= 0.6 is 11.6 Å². The van der Waals surface area contributed by atoms with Gasteiger partial charge in [-0.3, -0.25) is 9.59 Å². The van der Waals surface area contributed by atoms with Crippen LogP contribution in [0.25, 0.3) is 0 Å². The number of anilines is 1. The highest BCUT2D eigenvalue weighted by Gasteiger charge is 2.30. The maximum Gasteiger partial charge on any atom is 0.251 e. The van der Waals surface area contributed by atoms with E-state index in [1.54, 1.807) is 24.3 Å². The zero-order chi connectivity index (χ0) is 22.5. The number of benzene rings is 1. The normalized spacial score (nSPS) is 15.2. The lowest BCUT2D eigenvalue weighted by molar-refractivity contribution is -0.134. The highest BCUT2D eigenvalue weighted by molar-refractivity contribution is 6.30. The first kappa shape index (κ1) is 23.0. The van der Waals surface area contributed by atoms with Gasteiger partial charge in [0.2, 0.25) is 5.91 Å². The molecule has 0 aliphatic carbocycles. The zero-order valence-electron chi connectivity index (χ0n) is 18.6. The van der Waals surface area contributed by atoms with Gasteiger partial charge in [0.25, 0.3) is 5.91 Å². The van der Waals surface area contributed by atoms with E-state index in [0.29, 0.717) is 43.2 Å². The number of hydrogen-bond donors (Lipinski definition) is 1. The molecule has 0 radical (unpaired) electrons. The van der Waals surface area contributed by atoms with E-state index in [1.165, 1.54) is 0 Å². The molecule has 1 N–H and O–H groups in total. The lowest BCUT2D eigenvalue weighted by atomic mass is 10.0. The summed E-state index contributed by atoms with van der Waals surface area (Å²) in [6, 6.07) is 8.09. The molecule has 0 spiro atoms. The molecule has 2 heterocycles. The van der Waals surface area contributed by atoms with Crippen molar-refractivity contribution in [3.8, 4) is 0 Å². The predicted octanol–water partition coefficient (Wildman–Crippen LogP) is 3.24. The minimum atomic E-state index is -0.557. The van der Waals surface area contributed by atoms with Gasteiger partial charge in [0.1, 0.15) is 17.7 Å². The van der Waals surface area contributed by atoms with E-state index in [2.05, 4.69) is 20.2 Å². The van der Waals surface area contributed by atoms with Crippen molar-refractivity contribution >= 4 is 29.2 Å². The summed E-state index contributed by atoms with van der Waals surface area (Å²) in [6.07, 6.45) is 0.586. The number of amides is 2. The number of carbonyl (C=O) groups excluding carboxylic acids is 2. The van der Waals surface area contributed by atoms with E-state index in [1.807, 2.05) is 38.7 Å². The smallest absolute Gasteiger partial charge is 0.251 e. The molecule has 1 fully saturated rings. The Morgan fingerprint density at radius 1 is 1.06 bits per heavy atom. The third kappa shape index (κ3) is 6.17. The van der Waals surface area contributed by atoms with Crippen LogP contribution in [0.1, 0.15) is 42.1 Å². The Morgan fingerprint density at radius 2 is 1.71 bits per heavy atom. The molecule has 1 aromatic carbocycles. The highest BCUT2D eigenvalue weighted by atomic mass is 35.5. The molecular formula is C23H30ClN5O2. The van der Waals surface area contributed by atoms with Crippen LogP contribution in [0.5, 0.6) is 0 Å². The van der Waals surface area contributed by atoms with Crippen LogP contribution in [-0.4, -0.2) is 58.9 Å². The van der Waals surface area contributed by atoms with E-state index >= 15 is 0 Å². The molecule has 8 heteroatoms. The van der Waals surface area contributed by atoms with Crippen molar-refractivity contribution in [1.82, 2.24) is 20.2 Å². The summed E-state index contributed by atoms with van der Waals surface area (Å²) in [5, 5.41) is 3.50. The molecule has 1 aromatic heterocycles. The topological polar surface area (TPSA) is 78.4 Å². The van der Waals surface area contributed by atoms with Gasteiger partial charge in [0.15, 0.2) is 0 Å². The van der Waals surface area contributed by atoms with Crippen LogP contribution < -0.4 is 10.2 Å². The second-order valence-corrected chi connectivity index (χ2v) is 8.83. The van der Waals surface area contributed by atoms with Gasteiger partial charge in [-0.1, -0.05) is 25.4 Å². The van der Waals surface area contributed by atoms with Crippen molar-refractivity contribution in [1.29, 1.82) is 0 Å². The second-order valence-electron chi connectivity index (χ2n) is 8.39. The molecule has 166 valence electrons. The summed E-state index contributed by atoms with van der Waals surface area (Å²) in [5.74, 6) is 1.61. The van der Waals surface area contributed by atoms with E-state index in [4.69, 9.17) is 11.6 Å². The van der Waals surface area contributed by atoms with E-state index in [0.717, 1.165) is 17.3 Å². The van der Waals surface area contributed by atoms with Crippen molar-refractivity contribution in [2.24, 2.45) is 5.92 Å². The van der Waals surface area contributed by atoms with Gasteiger partial charge >= 0.3 is 0 Å². The Hall–Kier alpha value is -2.67. The summed E-state index contributed by atoms with van der Waals surface area (Å²) in [7, 11) is 0. The Bertz CT molecular complexity index is 904. The van der Waals surface area contributed by atoms with E-state index in [9.17, 15) is 9.59 Å². The van der Waals surface area contributed by atoms with Crippen LogP contribution in [0.2, 0.25) is 5.02 Å². The molecule has 0 bridgehead atoms. The first-order chi connectivity index (χ1) is 14.7. The third-order valence-electron chi connectivity index (χ3n) is 5.28. The molecular weight excluding hydrogens is 414 g/mol. The van der Waals surface area contributed by atoms with Gasteiger partial charge < -0.3 is 15.1 Å². The summed E-state index contributed by atoms with van der Waals surface area (Å²) in [6.45, 7) is 10.5. The summed E-state index contributed by atoms with van der Waals surface area (Å²) in [4.78, 5) is 38.8. The zero-order valence-corrected chi connectivity index (χ0v) is 19.3. The number of aromatic nitrogens is 2. The van der Waals surface area contributed by atoms with Crippen molar-refractivity contribution in [2.45, 2.75) is 40.2 Å². The van der Waals surface area contributed by atoms with E-state index < -0.39 is 6.04 Å². The first-order valence-corrected chi connectivity index (χ1v) is 11.0. The average Bonchev–Trinajstić information content (AvgIpc) is 2.72. The summed E-state index contributed by atoms with van der Waals surface area (Å²) in [5.41, 5.74) is 1.42. The number of piperazine rings is 1. The van der Waals surface area contributed by atoms with Gasteiger partial charge in [0, 0.05) is 48.5 Å². The summed E-state index contributed by atoms with van der Waals surface area (Å²) >= 11 is 5.91. The fourth-order valence-electron chi connectivity index (χ4n) is 3.77. The maximum absolute atomic E-state index is 13.3. The Kier molecular flexibility index (Phi) is 7.49. The predicted molar refractivity (Wildman–Crippen MR) is 122 cm³/mol. The minimum absolute atomic E-state index is 0.0364. The monoisotopic (exact) mass is 443 g/mol. The standard InChI is InChI=1S/C23H30ClN5O2/c1-15(2)13-20(27-22(30)18-5-7-19(24)8-6-18)23(31)29-11-9-28(10-12-29)21-14-16(3)25-17(4)26-21/h5-8,14-15,20H,9-13H2,1-4H3,(H,27,30). The van der Waals surface area contributed by atoms with Gasteiger partial charge in [-0.2, -0.15) is 0 Å². The lowest BCUT2D eigenvalue weighted by Gasteiger charge is -2.37.